The Morgan fingerprint density at radius 1 is 1.14 bits per heavy atom. The van der Waals surface area contributed by atoms with Crippen molar-refractivity contribution in [2.45, 2.75) is 0 Å². The van der Waals surface area contributed by atoms with E-state index in [1.807, 2.05) is 30.3 Å². The van der Waals surface area contributed by atoms with Gasteiger partial charge in [0.2, 0.25) is 0 Å². The second-order valence-electron chi connectivity index (χ2n) is 4.32. The number of amides is 1. The topological polar surface area (TPSA) is 29.1 Å². The van der Waals surface area contributed by atoms with Gasteiger partial charge in [0.1, 0.15) is 4.88 Å². The summed E-state index contributed by atoms with van der Waals surface area (Å²) in [6.07, 6.45) is 0. The van der Waals surface area contributed by atoms with Crippen molar-refractivity contribution in [1.82, 2.24) is 0 Å². The van der Waals surface area contributed by atoms with Crippen LogP contribution in [0.5, 0.6) is 0 Å². The summed E-state index contributed by atoms with van der Waals surface area (Å²) < 4.78 is 2.00. The summed E-state index contributed by atoms with van der Waals surface area (Å²) in [6, 6.07) is 13.1. The van der Waals surface area contributed by atoms with Gasteiger partial charge in [-0.2, -0.15) is 0 Å². The molecule has 0 aliphatic rings. The fourth-order valence-electron chi connectivity index (χ4n) is 1.93. The summed E-state index contributed by atoms with van der Waals surface area (Å²) in [4.78, 5) is 12.9. The number of benzene rings is 2. The van der Waals surface area contributed by atoms with E-state index in [0.29, 0.717) is 20.6 Å². The van der Waals surface area contributed by atoms with Crippen LogP contribution in [-0.2, 0) is 0 Å². The predicted octanol–water partition coefficient (Wildman–Crippen LogP) is 6.07. The standard InChI is InChI=1S/C15H8Cl2INOS/c16-10-7-8(18)5-6-11(10)19-15(20)14-13(17)9-3-1-2-4-12(9)21-14/h1-7H,(H,19,20). The zero-order chi connectivity index (χ0) is 15.0. The van der Waals surface area contributed by atoms with Crippen molar-refractivity contribution in [1.29, 1.82) is 0 Å². The van der Waals surface area contributed by atoms with E-state index in [4.69, 9.17) is 23.2 Å². The molecule has 106 valence electrons. The summed E-state index contributed by atoms with van der Waals surface area (Å²) in [5.74, 6) is -0.246. The fourth-order valence-corrected chi connectivity index (χ4v) is 4.25. The molecule has 0 atom stereocenters. The molecule has 0 aliphatic carbocycles. The van der Waals surface area contributed by atoms with Gasteiger partial charge in [0.25, 0.3) is 5.91 Å². The highest BCUT2D eigenvalue weighted by Gasteiger charge is 2.17. The molecule has 2 nitrogen and oxygen atoms in total. The van der Waals surface area contributed by atoms with Gasteiger partial charge in [-0.3, -0.25) is 4.79 Å². The van der Waals surface area contributed by atoms with Gasteiger partial charge >= 0.3 is 0 Å². The van der Waals surface area contributed by atoms with Crippen molar-refractivity contribution in [3.8, 4) is 0 Å². The van der Waals surface area contributed by atoms with Crippen LogP contribution >= 0.6 is 57.1 Å². The molecule has 0 saturated carbocycles. The lowest BCUT2D eigenvalue weighted by atomic mass is 10.2. The number of hydrogen-bond acceptors (Lipinski definition) is 2. The minimum Gasteiger partial charge on any atom is -0.320 e. The highest BCUT2D eigenvalue weighted by molar-refractivity contribution is 14.1. The molecule has 3 rings (SSSR count). The third-order valence-electron chi connectivity index (χ3n) is 2.92. The van der Waals surface area contributed by atoms with E-state index >= 15 is 0 Å². The van der Waals surface area contributed by atoms with Crippen LogP contribution in [0.2, 0.25) is 10.0 Å². The van der Waals surface area contributed by atoms with Crippen molar-refractivity contribution in [3.05, 3.63) is 61.0 Å². The van der Waals surface area contributed by atoms with Gasteiger partial charge in [0.15, 0.2) is 0 Å². The average Bonchev–Trinajstić information content (AvgIpc) is 2.80. The molecule has 1 amide bonds. The minimum absolute atomic E-state index is 0.246. The average molecular weight is 448 g/mol. The molecule has 0 radical (unpaired) electrons. The summed E-state index contributed by atoms with van der Waals surface area (Å²) >= 11 is 16.0. The van der Waals surface area contributed by atoms with Crippen molar-refractivity contribution in [2.24, 2.45) is 0 Å². The van der Waals surface area contributed by atoms with Gasteiger partial charge in [-0.25, -0.2) is 0 Å². The molecule has 21 heavy (non-hydrogen) atoms. The summed E-state index contributed by atoms with van der Waals surface area (Å²) in [7, 11) is 0. The molecular formula is C15H8Cl2INOS. The van der Waals surface area contributed by atoms with E-state index in [9.17, 15) is 4.79 Å². The van der Waals surface area contributed by atoms with Gasteiger partial charge in [-0.15, -0.1) is 11.3 Å². The smallest absolute Gasteiger partial charge is 0.267 e. The van der Waals surface area contributed by atoms with Crippen molar-refractivity contribution >= 4 is 78.8 Å². The van der Waals surface area contributed by atoms with Crippen LogP contribution in [-0.4, -0.2) is 5.91 Å². The van der Waals surface area contributed by atoms with E-state index < -0.39 is 0 Å². The summed E-state index contributed by atoms with van der Waals surface area (Å²) in [5, 5.41) is 4.69. The molecular weight excluding hydrogens is 440 g/mol. The van der Waals surface area contributed by atoms with E-state index in [2.05, 4.69) is 27.9 Å². The number of halogens is 3. The largest absolute Gasteiger partial charge is 0.320 e. The fraction of sp³-hybridized carbons (Fsp3) is 0. The van der Waals surface area contributed by atoms with E-state index in [-0.39, 0.29) is 5.91 Å². The molecule has 1 N–H and O–H groups in total. The van der Waals surface area contributed by atoms with E-state index in [1.165, 1.54) is 11.3 Å². The quantitative estimate of drug-likeness (QED) is 0.475. The van der Waals surface area contributed by atoms with Crippen molar-refractivity contribution < 1.29 is 4.79 Å². The van der Waals surface area contributed by atoms with Crippen LogP contribution in [0.1, 0.15) is 9.67 Å². The maximum absolute atomic E-state index is 12.4. The molecule has 2 aromatic carbocycles. The van der Waals surface area contributed by atoms with Gasteiger partial charge in [0, 0.05) is 13.7 Å². The molecule has 1 heterocycles. The Hall–Kier alpha value is -0.820. The molecule has 0 fully saturated rings. The third kappa shape index (κ3) is 3.04. The second-order valence-corrected chi connectivity index (χ2v) is 7.40. The zero-order valence-electron chi connectivity index (χ0n) is 10.5. The number of hydrogen-bond donors (Lipinski definition) is 1. The molecule has 0 bridgehead atoms. The van der Waals surface area contributed by atoms with Crippen LogP contribution in [0.25, 0.3) is 10.1 Å². The van der Waals surface area contributed by atoms with Crippen LogP contribution < -0.4 is 5.32 Å². The van der Waals surface area contributed by atoms with Crippen molar-refractivity contribution in [2.75, 3.05) is 5.32 Å². The molecule has 0 saturated heterocycles. The third-order valence-corrected chi connectivity index (χ3v) is 5.58. The SMILES string of the molecule is O=C(Nc1ccc(I)cc1Cl)c1sc2ccccc2c1Cl. The van der Waals surface area contributed by atoms with Gasteiger partial charge < -0.3 is 5.32 Å². The van der Waals surface area contributed by atoms with Crippen LogP contribution in [0.4, 0.5) is 5.69 Å². The molecule has 6 heteroatoms. The Balaban J connectivity index is 1.95. The molecule has 1 aromatic heterocycles. The lowest BCUT2D eigenvalue weighted by Gasteiger charge is -2.06. The van der Waals surface area contributed by atoms with Gasteiger partial charge in [-0.05, 0) is 46.9 Å². The Labute approximate surface area is 149 Å². The molecule has 3 aromatic rings. The zero-order valence-corrected chi connectivity index (χ0v) is 15.0. The first-order valence-electron chi connectivity index (χ1n) is 5.99. The summed E-state index contributed by atoms with van der Waals surface area (Å²) in [5.41, 5.74) is 0.579. The number of anilines is 1. The van der Waals surface area contributed by atoms with E-state index in [1.54, 1.807) is 12.1 Å². The first-order valence-corrected chi connectivity index (χ1v) is 8.65. The van der Waals surface area contributed by atoms with Gasteiger partial charge in [0.05, 0.1) is 15.7 Å². The van der Waals surface area contributed by atoms with E-state index in [0.717, 1.165) is 13.7 Å². The maximum Gasteiger partial charge on any atom is 0.267 e. The normalized spacial score (nSPS) is 10.8. The van der Waals surface area contributed by atoms with Crippen LogP contribution in [0, 0.1) is 3.57 Å². The summed E-state index contributed by atoms with van der Waals surface area (Å²) in [6.45, 7) is 0. The number of nitrogens with one attached hydrogen (secondary N) is 1. The van der Waals surface area contributed by atoms with Crippen LogP contribution in [0.3, 0.4) is 0 Å². The molecule has 0 aliphatic heterocycles. The molecule has 0 unspecified atom stereocenters. The Kier molecular flexibility index (Phi) is 4.40. The molecule has 0 spiro atoms. The Morgan fingerprint density at radius 3 is 2.62 bits per heavy atom. The lowest BCUT2D eigenvalue weighted by Crippen LogP contribution is -2.11. The monoisotopic (exact) mass is 447 g/mol. The predicted molar refractivity (Wildman–Crippen MR) is 99.0 cm³/mol. The van der Waals surface area contributed by atoms with Gasteiger partial charge in [-0.1, -0.05) is 41.4 Å². The second kappa shape index (κ2) is 6.12. The maximum atomic E-state index is 12.4. The minimum atomic E-state index is -0.246. The first kappa shape index (κ1) is 15.1. The number of thiophene rings is 1. The Bertz CT molecular complexity index is 847. The Morgan fingerprint density at radius 2 is 1.90 bits per heavy atom. The van der Waals surface area contributed by atoms with Crippen LogP contribution in [0.15, 0.2) is 42.5 Å². The first-order chi connectivity index (χ1) is 10.1. The number of fused-ring (bicyclic) bond motifs is 1. The lowest BCUT2D eigenvalue weighted by molar-refractivity contribution is 0.103. The number of carbonyl (C=O) groups excluding carboxylic acids is 1. The number of carbonyl (C=O) groups is 1. The van der Waals surface area contributed by atoms with Crippen molar-refractivity contribution in [3.63, 3.8) is 0 Å². The highest BCUT2D eigenvalue weighted by Crippen LogP contribution is 2.36. The number of rotatable bonds is 2. The highest BCUT2D eigenvalue weighted by atomic mass is 127.